The molecule has 2 atom stereocenters. The van der Waals surface area contributed by atoms with Gasteiger partial charge in [-0.05, 0) is 37.5 Å². The molecule has 64 valence electrons. The normalized spacial score (nSPS) is 32.4. The lowest BCUT2D eigenvalue weighted by Crippen LogP contribution is -2.23. The van der Waals surface area contributed by atoms with E-state index in [9.17, 15) is 0 Å². The Bertz CT molecular complexity index is 140. The van der Waals surface area contributed by atoms with Crippen molar-refractivity contribution in [2.45, 2.75) is 46.0 Å². The van der Waals surface area contributed by atoms with Crippen molar-refractivity contribution >= 4 is 5.71 Å². The van der Waals surface area contributed by atoms with Crippen molar-refractivity contribution < 1.29 is 0 Å². The Hall–Kier alpha value is -0.330. The van der Waals surface area contributed by atoms with E-state index in [1.807, 2.05) is 0 Å². The van der Waals surface area contributed by atoms with E-state index >= 15 is 0 Å². The maximum atomic E-state index is 7.71. The highest BCUT2D eigenvalue weighted by Crippen LogP contribution is 2.30. The van der Waals surface area contributed by atoms with Gasteiger partial charge < -0.3 is 5.41 Å². The summed E-state index contributed by atoms with van der Waals surface area (Å²) in [4.78, 5) is 0. The third kappa shape index (κ3) is 2.05. The van der Waals surface area contributed by atoms with Crippen LogP contribution in [0.2, 0.25) is 0 Å². The molecule has 0 saturated heterocycles. The van der Waals surface area contributed by atoms with Crippen molar-refractivity contribution in [3.05, 3.63) is 0 Å². The van der Waals surface area contributed by atoms with E-state index in [-0.39, 0.29) is 0 Å². The molecule has 0 amide bonds. The van der Waals surface area contributed by atoms with Crippen molar-refractivity contribution in [1.29, 1.82) is 5.41 Å². The van der Waals surface area contributed by atoms with Crippen LogP contribution in [0.1, 0.15) is 46.0 Å². The fourth-order valence-corrected chi connectivity index (χ4v) is 2.01. The number of hydrogen-bond acceptors (Lipinski definition) is 1. The molecule has 0 aliphatic heterocycles. The maximum absolute atomic E-state index is 7.71. The Morgan fingerprint density at radius 2 is 2.09 bits per heavy atom. The predicted molar refractivity (Wildman–Crippen MR) is 49.1 cm³/mol. The van der Waals surface area contributed by atoms with Gasteiger partial charge in [0.1, 0.15) is 0 Å². The van der Waals surface area contributed by atoms with Crippen LogP contribution in [0, 0.1) is 17.2 Å². The fraction of sp³-hybridized carbons (Fsp3) is 0.900. The predicted octanol–water partition coefficient (Wildman–Crippen LogP) is 3.24. The third-order valence-corrected chi connectivity index (χ3v) is 3.00. The Kier molecular flexibility index (Phi) is 3.10. The minimum atomic E-state index is 0.619. The van der Waals surface area contributed by atoms with Crippen LogP contribution in [0.4, 0.5) is 0 Å². The molecule has 0 aromatic rings. The zero-order chi connectivity index (χ0) is 8.27. The largest absolute Gasteiger partial charge is 0.309 e. The van der Waals surface area contributed by atoms with Gasteiger partial charge in [-0.2, -0.15) is 0 Å². The van der Waals surface area contributed by atoms with Crippen molar-refractivity contribution in [2.75, 3.05) is 0 Å². The van der Waals surface area contributed by atoms with Gasteiger partial charge in [-0.3, -0.25) is 0 Å². The molecule has 1 aliphatic carbocycles. The summed E-state index contributed by atoms with van der Waals surface area (Å²) in [5, 5.41) is 7.71. The first-order chi connectivity index (χ1) is 5.27. The molecule has 1 fully saturated rings. The fourth-order valence-electron chi connectivity index (χ4n) is 2.01. The standard InChI is InChI=1S/C10H19N/c1-3-8-5-6-10(11)9(4-2)7-8/h8-9,11H,3-7H2,1-2H3. The van der Waals surface area contributed by atoms with Gasteiger partial charge in [0.25, 0.3) is 0 Å². The smallest absolute Gasteiger partial charge is 0.0120 e. The second-order valence-electron chi connectivity index (χ2n) is 3.68. The molecule has 1 saturated carbocycles. The average molecular weight is 153 g/mol. The average Bonchev–Trinajstić information content (AvgIpc) is 2.05. The van der Waals surface area contributed by atoms with Crippen LogP contribution in [-0.2, 0) is 0 Å². The quantitative estimate of drug-likeness (QED) is 0.629. The molecule has 0 radical (unpaired) electrons. The molecule has 0 aromatic carbocycles. The maximum Gasteiger partial charge on any atom is 0.0120 e. The van der Waals surface area contributed by atoms with Gasteiger partial charge in [-0.1, -0.05) is 20.3 Å². The van der Waals surface area contributed by atoms with Crippen LogP contribution in [0.25, 0.3) is 0 Å². The molecular weight excluding hydrogens is 134 g/mol. The van der Waals surface area contributed by atoms with E-state index in [4.69, 9.17) is 5.41 Å². The number of hydrogen-bond donors (Lipinski definition) is 1. The first-order valence-electron chi connectivity index (χ1n) is 4.85. The van der Waals surface area contributed by atoms with E-state index in [2.05, 4.69) is 13.8 Å². The van der Waals surface area contributed by atoms with Gasteiger partial charge in [-0.25, -0.2) is 0 Å². The van der Waals surface area contributed by atoms with Gasteiger partial charge in [0, 0.05) is 5.71 Å². The highest BCUT2D eigenvalue weighted by atomic mass is 14.5. The molecule has 1 heteroatoms. The van der Waals surface area contributed by atoms with Crippen molar-refractivity contribution in [3.63, 3.8) is 0 Å². The lowest BCUT2D eigenvalue weighted by atomic mass is 9.78. The highest BCUT2D eigenvalue weighted by molar-refractivity contribution is 5.84. The summed E-state index contributed by atoms with van der Waals surface area (Å²) in [6.45, 7) is 4.48. The molecule has 11 heavy (non-hydrogen) atoms. The Morgan fingerprint density at radius 1 is 1.36 bits per heavy atom. The van der Waals surface area contributed by atoms with Crippen LogP contribution in [0.5, 0.6) is 0 Å². The van der Waals surface area contributed by atoms with Crippen LogP contribution in [0.15, 0.2) is 0 Å². The lowest BCUT2D eigenvalue weighted by Gasteiger charge is -2.28. The molecule has 1 N–H and O–H groups in total. The third-order valence-electron chi connectivity index (χ3n) is 3.00. The number of nitrogens with one attached hydrogen (secondary N) is 1. The summed E-state index contributed by atoms with van der Waals surface area (Å²) in [6, 6.07) is 0. The van der Waals surface area contributed by atoms with Crippen molar-refractivity contribution in [1.82, 2.24) is 0 Å². The van der Waals surface area contributed by atoms with Crippen molar-refractivity contribution in [3.8, 4) is 0 Å². The minimum Gasteiger partial charge on any atom is -0.309 e. The van der Waals surface area contributed by atoms with E-state index in [0.29, 0.717) is 5.92 Å². The molecule has 0 heterocycles. The Labute approximate surface area is 69.7 Å². The molecule has 0 aromatic heterocycles. The summed E-state index contributed by atoms with van der Waals surface area (Å²) in [5.74, 6) is 1.53. The molecule has 0 spiro atoms. The molecule has 1 aliphatic rings. The lowest BCUT2D eigenvalue weighted by molar-refractivity contribution is 0.360. The van der Waals surface area contributed by atoms with Crippen LogP contribution in [0.3, 0.4) is 0 Å². The second kappa shape index (κ2) is 3.89. The SMILES string of the molecule is CCC1CCC(=N)C(CC)C1. The molecule has 2 unspecified atom stereocenters. The van der Waals surface area contributed by atoms with Crippen LogP contribution >= 0.6 is 0 Å². The summed E-state index contributed by atoms with van der Waals surface area (Å²) in [7, 11) is 0. The summed E-state index contributed by atoms with van der Waals surface area (Å²) < 4.78 is 0. The van der Waals surface area contributed by atoms with Gasteiger partial charge >= 0.3 is 0 Å². The summed E-state index contributed by atoms with van der Waals surface area (Å²) in [5.41, 5.74) is 1.01. The van der Waals surface area contributed by atoms with E-state index in [1.165, 1.54) is 25.7 Å². The summed E-state index contributed by atoms with van der Waals surface area (Å²) in [6.07, 6.45) is 6.10. The number of rotatable bonds is 2. The van der Waals surface area contributed by atoms with Gasteiger partial charge in [0.15, 0.2) is 0 Å². The van der Waals surface area contributed by atoms with Crippen LogP contribution in [-0.4, -0.2) is 5.71 Å². The van der Waals surface area contributed by atoms with Crippen LogP contribution < -0.4 is 0 Å². The van der Waals surface area contributed by atoms with Gasteiger partial charge in [0.2, 0.25) is 0 Å². The van der Waals surface area contributed by atoms with Gasteiger partial charge in [-0.15, -0.1) is 0 Å². The van der Waals surface area contributed by atoms with E-state index in [1.54, 1.807) is 0 Å². The first-order valence-corrected chi connectivity index (χ1v) is 4.85. The zero-order valence-electron chi connectivity index (χ0n) is 7.69. The van der Waals surface area contributed by atoms with Crippen molar-refractivity contribution in [2.24, 2.45) is 11.8 Å². The minimum absolute atomic E-state index is 0.619. The van der Waals surface area contributed by atoms with E-state index < -0.39 is 0 Å². The Balaban J connectivity index is 2.44. The zero-order valence-corrected chi connectivity index (χ0v) is 7.69. The van der Waals surface area contributed by atoms with E-state index in [0.717, 1.165) is 18.1 Å². The second-order valence-corrected chi connectivity index (χ2v) is 3.68. The summed E-state index contributed by atoms with van der Waals surface area (Å²) >= 11 is 0. The first kappa shape index (κ1) is 8.76. The molecule has 0 bridgehead atoms. The molecule has 1 nitrogen and oxygen atoms in total. The molecule has 1 rings (SSSR count). The monoisotopic (exact) mass is 153 g/mol. The topological polar surface area (TPSA) is 23.9 Å². The molecular formula is C10H19N. The highest BCUT2D eigenvalue weighted by Gasteiger charge is 2.23. The van der Waals surface area contributed by atoms with Gasteiger partial charge in [0.05, 0.1) is 0 Å². The Morgan fingerprint density at radius 3 is 2.64 bits per heavy atom.